The van der Waals surface area contributed by atoms with Crippen LogP contribution in [0.2, 0.25) is 0 Å². The number of quaternary nitrogens is 1. The van der Waals surface area contributed by atoms with Gasteiger partial charge in [-0.1, -0.05) is 251 Å². The van der Waals surface area contributed by atoms with Crippen LogP contribution in [0.25, 0.3) is 0 Å². The van der Waals surface area contributed by atoms with Gasteiger partial charge in [-0.3, -0.25) is 9.36 Å². The second-order valence-electron chi connectivity index (χ2n) is 19.6. The van der Waals surface area contributed by atoms with Crippen molar-refractivity contribution in [3.63, 3.8) is 0 Å². The first kappa shape index (κ1) is 60.2. The molecule has 3 unspecified atom stereocenters. The molecule has 0 aromatic rings. The largest absolute Gasteiger partial charge is 0.756 e. The van der Waals surface area contributed by atoms with E-state index in [-0.39, 0.29) is 19.1 Å². The van der Waals surface area contributed by atoms with Gasteiger partial charge < -0.3 is 28.8 Å². The highest BCUT2D eigenvalue weighted by atomic mass is 31.2. The number of nitrogens with one attached hydrogen (secondary N) is 1. The molecule has 0 rings (SSSR count). The van der Waals surface area contributed by atoms with Crippen molar-refractivity contribution in [2.75, 3.05) is 40.9 Å². The van der Waals surface area contributed by atoms with E-state index in [1.165, 1.54) is 205 Å². The van der Waals surface area contributed by atoms with Gasteiger partial charge in [0.25, 0.3) is 7.82 Å². The van der Waals surface area contributed by atoms with Crippen molar-refractivity contribution in [1.29, 1.82) is 0 Å². The lowest BCUT2D eigenvalue weighted by atomic mass is 10.0. The number of hydrogen-bond donors (Lipinski definition) is 2. The van der Waals surface area contributed by atoms with Crippen LogP contribution in [0.15, 0.2) is 12.2 Å². The van der Waals surface area contributed by atoms with Crippen LogP contribution in [0.3, 0.4) is 0 Å². The Morgan fingerprint density at radius 2 is 0.885 bits per heavy atom. The molecule has 0 aliphatic carbocycles. The number of nitrogens with zero attached hydrogens (tertiary/aromatic N) is 1. The number of aliphatic hydroxyl groups is 1. The highest BCUT2D eigenvalue weighted by Gasteiger charge is 2.23. The summed E-state index contributed by atoms with van der Waals surface area (Å²) in [5, 5.41) is 13.9. The van der Waals surface area contributed by atoms with Gasteiger partial charge in [0.1, 0.15) is 13.2 Å². The lowest BCUT2D eigenvalue weighted by molar-refractivity contribution is -0.870. The summed E-state index contributed by atoms with van der Waals surface area (Å²) in [4.78, 5) is 25.4. The average Bonchev–Trinajstić information content (AvgIpc) is 3.21. The number of likely N-dealkylation sites (N-methyl/N-ethyl adjacent to an activating group) is 1. The lowest BCUT2D eigenvalue weighted by Gasteiger charge is -2.29. The van der Waals surface area contributed by atoms with Crippen molar-refractivity contribution in [2.45, 2.75) is 276 Å². The minimum absolute atomic E-state index is 0.00254. The van der Waals surface area contributed by atoms with E-state index in [1.807, 2.05) is 27.2 Å². The molecule has 0 aliphatic heterocycles. The molecular weight excluding hydrogens is 780 g/mol. The zero-order valence-corrected chi connectivity index (χ0v) is 42.3. The summed E-state index contributed by atoms with van der Waals surface area (Å²) in [7, 11) is 1.28. The van der Waals surface area contributed by atoms with Gasteiger partial charge >= 0.3 is 0 Å². The zero-order chi connectivity index (χ0) is 45.0. The van der Waals surface area contributed by atoms with Gasteiger partial charge in [-0.05, 0) is 19.3 Å². The third-order valence-electron chi connectivity index (χ3n) is 12.2. The minimum atomic E-state index is -4.59. The second kappa shape index (κ2) is 44.4. The summed E-state index contributed by atoms with van der Waals surface area (Å²) in [5.74, 6) is -0.191. The number of rotatable bonds is 49. The Bertz CT molecular complexity index is 1000. The Balaban J connectivity index is 4.26. The predicted molar refractivity (Wildman–Crippen MR) is 261 cm³/mol. The standard InChI is InChI=1S/C52H105N2O6P/c1-6-8-10-12-14-16-18-20-22-24-26-28-29-31-33-35-37-39-41-43-45-51(55)50(49-60-61(57,58)59-48-47-54(3,4)5)53-52(56)46-44-42-40-38-36-34-32-30-27-25-23-21-19-17-15-13-11-9-7-2/h43,45,50-51,55H,6-42,44,46-49H2,1-5H3,(H-,53,56,57,58)/b45-43+. The molecule has 1 amide bonds. The van der Waals surface area contributed by atoms with Crippen molar-refractivity contribution >= 4 is 13.7 Å². The molecule has 61 heavy (non-hydrogen) atoms. The van der Waals surface area contributed by atoms with Crippen LogP contribution in [-0.2, 0) is 18.4 Å². The summed E-state index contributed by atoms with van der Waals surface area (Å²) in [6.45, 7) is 4.69. The number of allylic oxidation sites excluding steroid dienone is 1. The predicted octanol–water partition coefficient (Wildman–Crippen LogP) is 14.8. The van der Waals surface area contributed by atoms with Crippen LogP contribution >= 0.6 is 7.82 Å². The molecule has 0 aromatic carbocycles. The van der Waals surface area contributed by atoms with Crippen molar-refractivity contribution < 1.29 is 32.9 Å². The van der Waals surface area contributed by atoms with Gasteiger partial charge in [-0.2, -0.15) is 0 Å². The molecule has 0 aromatic heterocycles. The molecule has 364 valence electrons. The SMILES string of the molecule is CCCCCCCCCCCCCCCCCCCC/C=C/C(O)C(COP(=O)([O-])OCC[N+](C)(C)C)NC(=O)CCCCCCCCCCCCCCCCCCCCC. The van der Waals surface area contributed by atoms with Crippen molar-refractivity contribution in [3.05, 3.63) is 12.2 Å². The molecule has 0 spiro atoms. The van der Waals surface area contributed by atoms with E-state index < -0.39 is 20.0 Å². The van der Waals surface area contributed by atoms with E-state index >= 15 is 0 Å². The quantitative estimate of drug-likeness (QED) is 0.0273. The van der Waals surface area contributed by atoms with Crippen LogP contribution in [0, 0.1) is 0 Å². The summed E-state index contributed by atoms with van der Waals surface area (Å²) < 4.78 is 23.3. The Hall–Kier alpha value is -0.760. The van der Waals surface area contributed by atoms with E-state index in [0.29, 0.717) is 17.4 Å². The van der Waals surface area contributed by atoms with Gasteiger partial charge in [0.2, 0.25) is 5.91 Å². The topological polar surface area (TPSA) is 108 Å². The smallest absolute Gasteiger partial charge is 0.268 e. The summed E-state index contributed by atoms with van der Waals surface area (Å²) in [6.07, 6.45) is 52.6. The van der Waals surface area contributed by atoms with E-state index in [9.17, 15) is 19.4 Å². The number of aliphatic hydroxyl groups excluding tert-OH is 1. The number of amides is 1. The van der Waals surface area contributed by atoms with E-state index in [0.717, 1.165) is 38.5 Å². The molecule has 0 fully saturated rings. The number of carbonyl (C=O) groups excluding carboxylic acids is 1. The molecule has 0 heterocycles. The van der Waals surface area contributed by atoms with Crippen molar-refractivity contribution in [2.24, 2.45) is 0 Å². The van der Waals surface area contributed by atoms with Gasteiger partial charge in [0.05, 0.1) is 39.9 Å². The van der Waals surface area contributed by atoms with E-state index in [2.05, 4.69) is 19.2 Å². The molecule has 9 heteroatoms. The number of phosphoric ester groups is 1. The molecule has 3 atom stereocenters. The molecule has 0 aliphatic rings. The Morgan fingerprint density at radius 3 is 1.23 bits per heavy atom. The lowest BCUT2D eigenvalue weighted by Crippen LogP contribution is -2.45. The summed E-state index contributed by atoms with van der Waals surface area (Å²) in [5.41, 5.74) is 0. The number of carbonyl (C=O) groups is 1. The first-order chi connectivity index (χ1) is 29.5. The maximum absolute atomic E-state index is 12.9. The summed E-state index contributed by atoms with van der Waals surface area (Å²) >= 11 is 0. The summed E-state index contributed by atoms with van der Waals surface area (Å²) in [6, 6.07) is -0.881. The molecule has 8 nitrogen and oxygen atoms in total. The molecule has 0 saturated heterocycles. The van der Waals surface area contributed by atoms with Crippen LogP contribution in [0.5, 0.6) is 0 Å². The van der Waals surface area contributed by atoms with E-state index in [4.69, 9.17) is 9.05 Å². The molecule has 2 N–H and O–H groups in total. The number of unbranched alkanes of at least 4 members (excludes halogenated alkanes) is 36. The molecular formula is C52H105N2O6P. The molecule has 0 radical (unpaired) electrons. The minimum Gasteiger partial charge on any atom is -0.756 e. The van der Waals surface area contributed by atoms with Crippen LogP contribution in [0.1, 0.15) is 264 Å². The Morgan fingerprint density at radius 1 is 0.557 bits per heavy atom. The van der Waals surface area contributed by atoms with Crippen LogP contribution in [0.4, 0.5) is 0 Å². The average molecular weight is 885 g/mol. The fourth-order valence-electron chi connectivity index (χ4n) is 8.04. The molecule has 0 bridgehead atoms. The third-order valence-corrected chi connectivity index (χ3v) is 13.2. The second-order valence-corrected chi connectivity index (χ2v) is 21.0. The van der Waals surface area contributed by atoms with Crippen LogP contribution < -0.4 is 10.2 Å². The van der Waals surface area contributed by atoms with Crippen molar-refractivity contribution in [1.82, 2.24) is 5.32 Å². The highest BCUT2D eigenvalue weighted by Crippen LogP contribution is 2.38. The fraction of sp³-hybridized carbons (Fsp3) is 0.942. The Labute approximate surface area is 380 Å². The number of hydrogen-bond acceptors (Lipinski definition) is 6. The third kappa shape index (κ3) is 47.0. The van der Waals surface area contributed by atoms with Gasteiger partial charge in [-0.25, -0.2) is 0 Å². The van der Waals surface area contributed by atoms with Crippen molar-refractivity contribution in [3.8, 4) is 0 Å². The number of phosphoric acid groups is 1. The van der Waals surface area contributed by atoms with E-state index in [1.54, 1.807) is 6.08 Å². The van der Waals surface area contributed by atoms with Crippen LogP contribution in [-0.4, -0.2) is 68.5 Å². The Kier molecular flexibility index (Phi) is 43.9. The first-order valence-electron chi connectivity index (χ1n) is 26.6. The maximum atomic E-state index is 12.9. The highest BCUT2D eigenvalue weighted by molar-refractivity contribution is 7.45. The fourth-order valence-corrected chi connectivity index (χ4v) is 8.76. The maximum Gasteiger partial charge on any atom is 0.268 e. The first-order valence-corrected chi connectivity index (χ1v) is 28.0. The van der Waals surface area contributed by atoms with Gasteiger partial charge in [-0.15, -0.1) is 0 Å². The van der Waals surface area contributed by atoms with Gasteiger partial charge in [0, 0.05) is 6.42 Å². The monoisotopic (exact) mass is 885 g/mol. The normalized spacial score (nSPS) is 14.1. The zero-order valence-electron chi connectivity index (χ0n) is 41.4. The van der Waals surface area contributed by atoms with Gasteiger partial charge in [0.15, 0.2) is 0 Å². The molecule has 0 saturated carbocycles.